The topological polar surface area (TPSA) is 38.7 Å². The van der Waals surface area contributed by atoms with Crippen molar-refractivity contribution >= 4 is 0 Å². The smallest absolute Gasteiger partial charge is 0.248 e. The van der Waals surface area contributed by atoms with E-state index in [1.165, 1.54) is 0 Å². The van der Waals surface area contributed by atoms with Crippen LogP contribution in [0.2, 0.25) is 0 Å². The van der Waals surface area contributed by atoms with E-state index in [0.717, 1.165) is 6.42 Å². The predicted octanol–water partition coefficient (Wildman–Crippen LogP) is 2.29. The van der Waals surface area contributed by atoms with Crippen LogP contribution in [0.25, 0.3) is 0 Å². The number of phenols is 1. The number of para-hydroxylation sites is 1. The summed E-state index contributed by atoms with van der Waals surface area (Å²) in [5, 5.41) is 9.45. The Kier molecular flexibility index (Phi) is 1.62. The summed E-state index contributed by atoms with van der Waals surface area (Å²) in [5.41, 5.74) is 0. The minimum Gasteiger partial charge on any atom is -0.504 e. The van der Waals surface area contributed by atoms with E-state index in [4.69, 9.17) is 9.47 Å². The van der Waals surface area contributed by atoms with Gasteiger partial charge >= 0.3 is 0 Å². The zero-order valence-electron chi connectivity index (χ0n) is 7.70. The fourth-order valence-electron chi connectivity index (χ4n) is 1.30. The maximum absolute atomic E-state index is 9.45. The van der Waals surface area contributed by atoms with E-state index in [-0.39, 0.29) is 5.75 Å². The second-order valence-corrected chi connectivity index (χ2v) is 3.30. The van der Waals surface area contributed by atoms with Crippen molar-refractivity contribution in [2.45, 2.75) is 26.1 Å². The second kappa shape index (κ2) is 2.55. The summed E-state index contributed by atoms with van der Waals surface area (Å²) in [6.45, 7) is 3.83. The standard InChI is InChI=1S/C10H12O3/c1-3-10(2)12-8-6-4-5-7(11)9(8)13-10/h4-6,11H,3H2,1-2H3. The van der Waals surface area contributed by atoms with E-state index in [9.17, 15) is 5.11 Å². The molecule has 3 nitrogen and oxygen atoms in total. The molecule has 1 unspecified atom stereocenters. The van der Waals surface area contributed by atoms with Crippen LogP contribution in [0.5, 0.6) is 17.2 Å². The van der Waals surface area contributed by atoms with E-state index in [1.54, 1.807) is 18.2 Å². The molecular formula is C10H12O3. The molecule has 0 radical (unpaired) electrons. The molecule has 1 N–H and O–H groups in total. The molecule has 1 atom stereocenters. The average molecular weight is 180 g/mol. The van der Waals surface area contributed by atoms with Gasteiger partial charge in [0.2, 0.25) is 11.5 Å². The molecule has 13 heavy (non-hydrogen) atoms. The predicted molar refractivity (Wildman–Crippen MR) is 48.1 cm³/mol. The number of ether oxygens (including phenoxy) is 2. The molecule has 1 aliphatic rings. The van der Waals surface area contributed by atoms with Crippen LogP contribution in [0.3, 0.4) is 0 Å². The first-order chi connectivity index (χ1) is 6.14. The summed E-state index contributed by atoms with van der Waals surface area (Å²) >= 11 is 0. The monoisotopic (exact) mass is 180 g/mol. The molecule has 0 aliphatic carbocycles. The maximum Gasteiger partial charge on any atom is 0.248 e. The van der Waals surface area contributed by atoms with Crippen molar-refractivity contribution in [2.75, 3.05) is 0 Å². The lowest BCUT2D eigenvalue weighted by Gasteiger charge is -2.20. The highest BCUT2D eigenvalue weighted by molar-refractivity contribution is 5.52. The number of phenolic OH excluding ortho intramolecular Hbond substituents is 1. The van der Waals surface area contributed by atoms with Crippen LogP contribution in [-0.4, -0.2) is 10.9 Å². The Morgan fingerprint density at radius 2 is 2.15 bits per heavy atom. The third-order valence-corrected chi connectivity index (χ3v) is 2.24. The molecule has 0 saturated carbocycles. The van der Waals surface area contributed by atoms with Gasteiger partial charge in [0.25, 0.3) is 0 Å². The van der Waals surface area contributed by atoms with Crippen molar-refractivity contribution in [2.24, 2.45) is 0 Å². The van der Waals surface area contributed by atoms with E-state index < -0.39 is 5.79 Å². The normalized spacial score (nSPS) is 24.8. The fourth-order valence-corrected chi connectivity index (χ4v) is 1.30. The van der Waals surface area contributed by atoms with Gasteiger partial charge in [0.15, 0.2) is 11.5 Å². The van der Waals surface area contributed by atoms with Gasteiger partial charge in [-0.3, -0.25) is 0 Å². The molecule has 0 aromatic heterocycles. The van der Waals surface area contributed by atoms with Crippen LogP contribution in [-0.2, 0) is 0 Å². The summed E-state index contributed by atoms with van der Waals surface area (Å²) in [6, 6.07) is 5.11. The summed E-state index contributed by atoms with van der Waals surface area (Å²) in [6.07, 6.45) is 0.737. The SMILES string of the molecule is CCC1(C)Oc2cccc(O)c2O1. The largest absolute Gasteiger partial charge is 0.504 e. The second-order valence-electron chi connectivity index (χ2n) is 3.30. The molecule has 1 heterocycles. The summed E-state index contributed by atoms with van der Waals surface area (Å²) in [7, 11) is 0. The molecule has 2 rings (SSSR count). The zero-order valence-corrected chi connectivity index (χ0v) is 7.70. The first kappa shape index (κ1) is 8.23. The lowest BCUT2D eigenvalue weighted by molar-refractivity contribution is -0.0647. The van der Waals surface area contributed by atoms with Crippen molar-refractivity contribution in [1.29, 1.82) is 0 Å². The van der Waals surface area contributed by atoms with Crippen LogP contribution in [0, 0.1) is 0 Å². The van der Waals surface area contributed by atoms with E-state index in [1.807, 2.05) is 13.8 Å². The summed E-state index contributed by atoms with van der Waals surface area (Å²) in [4.78, 5) is 0. The minimum atomic E-state index is -0.624. The number of hydrogen-bond donors (Lipinski definition) is 1. The van der Waals surface area contributed by atoms with Gasteiger partial charge in [-0.05, 0) is 12.1 Å². The number of fused-ring (bicyclic) bond motifs is 1. The van der Waals surface area contributed by atoms with Gasteiger partial charge in [0.05, 0.1) is 0 Å². The van der Waals surface area contributed by atoms with Crippen LogP contribution >= 0.6 is 0 Å². The van der Waals surface area contributed by atoms with Gasteiger partial charge in [-0.25, -0.2) is 0 Å². The molecule has 1 aliphatic heterocycles. The van der Waals surface area contributed by atoms with Crippen molar-refractivity contribution in [3.63, 3.8) is 0 Å². The molecule has 1 aromatic carbocycles. The van der Waals surface area contributed by atoms with Crippen LogP contribution in [0.4, 0.5) is 0 Å². The van der Waals surface area contributed by atoms with Crippen molar-refractivity contribution < 1.29 is 14.6 Å². The molecule has 0 bridgehead atoms. The van der Waals surface area contributed by atoms with Crippen molar-refractivity contribution in [3.05, 3.63) is 18.2 Å². The van der Waals surface area contributed by atoms with E-state index >= 15 is 0 Å². The number of benzene rings is 1. The summed E-state index contributed by atoms with van der Waals surface area (Å²) in [5.74, 6) is 0.576. The molecule has 0 saturated heterocycles. The van der Waals surface area contributed by atoms with E-state index in [0.29, 0.717) is 11.5 Å². The van der Waals surface area contributed by atoms with Crippen molar-refractivity contribution in [1.82, 2.24) is 0 Å². The zero-order chi connectivity index (χ0) is 9.47. The summed E-state index contributed by atoms with van der Waals surface area (Å²) < 4.78 is 11.0. The molecule has 70 valence electrons. The first-order valence-electron chi connectivity index (χ1n) is 4.34. The molecule has 0 amide bonds. The fraction of sp³-hybridized carbons (Fsp3) is 0.400. The lowest BCUT2D eigenvalue weighted by Crippen LogP contribution is -2.33. The minimum absolute atomic E-state index is 0.134. The Labute approximate surface area is 76.9 Å². The Morgan fingerprint density at radius 3 is 2.77 bits per heavy atom. The molecule has 0 fully saturated rings. The van der Waals surface area contributed by atoms with Gasteiger partial charge < -0.3 is 14.6 Å². The highest BCUT2D eigenvalue weighted by atomic mass is 16.7. The van der Waals surface area contributed by atoms with Crippen LogP contribution < -0.4 is 9.47 Å². The number of rotatable bonds is 1. The van der Waals surface area contributed by atoms with Crippen LogP contribution in [0.1, 0.15) is 20.3 Å². The number of hydrogen-bond acceptors (Lipinski definition) is 3. The lowest BCUT2D eigenvalue weighted by atomic mass is 10.2. The van der Waals surface area contributed by atoms with Gasteiger partial charge in [-0.2, -0.15) is 0 Å². The van der Waals surface area contributed by atoms with E-state index in [2.05, 4.69) is 0 Å². The third kappa shape index (κ3) is 1.20. The highest BCUT2D eigenvalue weighted by Gasteiger charge is 2.36. The molecule has 0 spiro atoms. The van der Waals surface area contributed by atoms with Crippen molar-refractivity contribution in [3.8, 4) is 17.2 Å². The first-order valence-corrected chi connectivity index (χ1v) is 4.34. The highest BCUT2D eigenvalue weighted by Crippen LogP contribution is 2.45. The Hall–Kier alpha value is -1.38. The van der Waals surface area contributed by atoms with Gasteiger partial charge in [0.1, 0.15) is 0 Å². The molecule has 1 aromatic rings. The maximum atomic E-state index is 9.45. The molecular weight excluding hydrogens is 168 g/mol. The quantitative estimate of drug-likeness (QED) is 0.720. The average Bonchev–Trinajstić information content (AvgIpc) is 2.45. The Bertz CT molecular complexity index is 335. The molecule has 3 heteroatoms. The van der Waals surface area contributed by atoms with Gasteiger partial charge in [-0.15, -0.1) is 0 Å². The Morgan fingerprint density at radius 1 is 1.38 bits per heavy atom. The number of aromatic hydroxyl groups is 1. The van der Waals surface area contributed by atoms with Gasteiger partial charge in [0, 0.05) is 13.3 Å². The van der Waals surface area contributed by atoms with Crippen LogP contribution in [0.15, 0.2) is 18.2 Å². The third-order valence-electron chi connectivity index (χ3n) is 2.24. The Balaban J connectivity index is 2.40. The van der Waals surface area contributed by atoms with Gasteiger partial charge in [-0.1, -0.05) is 13.0 Å².